The Morgan fingerprint density at radius 3 is 2.53 bits per heavy atom. The maximum absolute atomic E-state index is 13.8. The molecule has 0 radical (unpaired) electrons. The highest BCUT2D eigenvalue weighted by Crippen LogP contribution is 2.31. The largest absolute Gasteiger partial charge is 0.484 e. The molecule has 3 rings (SSSR count). The van der Waals surface area contributed by atoms with Crippen LogP contribution >= 0.6 is 0 Å². The van der Waals surface area contributed by atoms with Gasteiger partial charge in [-0.1, -0.05) is 18.2 Å². The fourth-order valence-electron chi connectivity index (χ4n) is 2.58. The zero-order valence-corrected chi connectivity index (χ0v) is 16.4. The predicted octanol–water partition coefficient (Wildman–Crippen LogP) is 3.66. The van der Waals surface area contributed by atoms with Crippen LogP contribution in [0.2, 0.25) is 0 Å². The van der Waals surface area contributed by atoms with Crippen LogP contribution in [0.15, 0.2) is 59.1 Å². The molecule has 7 nitrogen and oxygen atoms in total. The van der Waals surface area contributed by atoms with Crippen molar-refractivity contribution in [2.45, 2.75) is 19.0 Å². The number of aryl methyl sites for hydroxylation is 1. The molecule has 2 aromatic carbocycles. The van der Waals surface area contributed by atoms with Crippen LogP contribution in [0.4, 0.5) is 17.6 Å². The lowest BCUT2D eigenvalue weighted by Gasteiger charge is -2.10. The SMILES string of the molecule is O=C(CCc1ncc(-c2ccccc2F)o1)NNC(=O)COc1cccc(C(F)(F)F)c1. The maximum atomic E-state index is 13.8. The number of carbonyl (C=O) groups excluding carboxylic acids is 2. The third-order valence-electron chi connectivity index (χ3n) is 4.13. The van der Waals surface area contributed by atoms with Gasteiger partial charge in [0, 0.05) is 12.8 Å². The fraction of sp³-hybridized carbons (Fsp3) is 0.190. The molecule has 1 heterocycles. The van der Waals surface area contributed by atoms with Crippen LogP contribution in [0.25, 0.3) is 11.3 Å². The minimum absolute atomic E-state index is 0.0913. The summed E-state index contributed by atoms with van der Waals surface area (Å²) in [7, 11) is 0. The van der Waals surface area contributed by atoms with Crippen molar-refractivity contribution < 1.29 is 36.3 Å². The average molecular weight is 451 g/mol. The summed E-state index contributed by atoms with van der Waals surface area (Å²) in [6.45, 7) is -0.604. The van der Waals surface area contributed by atoms with Crippen molar-refractivity contribution in [2.24, 2.45) is 0 Å². The zero-order valence-electron chi connectivity index (χ0n) is 16.4. The number of halogens is 4. The third kappa shape index (κ3) is 6.30. The number of amides is 2. The Morgan fingerprint density at radius 1 is 1.03 bits per heavy atom. The van der Waals surface area contributed by atoms with Crippen LogP contribution in [-0.4, -0.2) is 23.4 Å². The summed E-state index contributed by atoms with van der Waals surface area (Å²) in [6, 6.07) is 10.1. The van der Waals surface area contributed by atoms with Crippen molar-refractivity contribution in [1.82, 2.24) is 15.8 Å². The first-order valence-corrected chi connectivity index (χ1v) is 9.30. The lowest BCUT2D eigenvalue weighted by molar-refractivity contribution is -0.137. The topological polar surface area (TPSA) is 93.5 Å². The Kier molecular flexibility index (Phi) is 7.08. The monoisotopic (exact) mass is 451 g/mol. The van der Waals surface area contributed by atoms with Gasteiger partial charge in [0.1, 0.15) is 11.6 Å². The number of nitrogens with one attached hydrogen (secondary N) is 2. The van der Waals surface area contributed by atoms with E-state index in [0.717, 1.165) is 18.2 Å². The normalized spacial score (nSPS) is 11.1. The number of rotatable bonds is 7. The molecule has 2 amide bonds. The summed E-state index contributed by atoms with van der Waals surface area (Å²) in [5, 5.41) is 0. The number of aromatic nitrogens is 1. The van der Waals surface area contributed by atoms with E-state index >= 15 is 0 Å². The minimum Gasteiger partial charge on any atom is -0.484 e. The van der Waals surface area contributed by atoms with Crippen LogP contribution in [0.1, 0.15) is 17.9 Å². The molecule has 0 atom stereocenters. The highest BCUT2D eigenvalue weighted by atomic mass is 19.4. The van der Waals surface area contributed by atoms with Crippen molar-refractivity contribution in [2.75, 3.05) is 6.61 Å². The lowest BCUT2D eigenvalue weighted by Crippen LogP contribution is -2.43. The molecule has 0 unspecified atom stereocenters. The van der Waals surface area contributed by atoms with Gasteiger partial charge in [-0.05, 0) is 30.3 Å². The first-order chi connectivity index (χ1) is 15.2. The van der Waals surface area contributed by atoms with Gasteiger partial charge < -0.3 is 9.15 Å². The summed E-state index contributed by atoms with van der Waals surface area (Å²) in [5.74, 6) is -1.52. The van der Waals surface area contributed by atoms with E-state index in [9.17, 15) is 27.2 Å². The van der Waals surface area contributed by atoms with Crippen molar-refractivity contribution in [3.8, 4) is 17.1 Å². The summed E-state index contributed by atoms with van der Waals surface area (Å²) < 4.78 is 62.2. The first-order valence-electron chi connectivity index (χ1n) is 9.30. The molecule has 32 heavy (non-hydrogen) atoms. The number of hydrogen-bond donors (Lipinski definition) is 2. The van der Waals surface area contributed by atoms with E-state index in [-0.39, 0.29) is 35.8 Å². The molecule has 0 aliphatic rings. The van der Waals surface area contributed by atoms with E-state index in [4.69, 9.17) is 9.15 Å². The van der Waals surface area contributed by atoms with E-state index in [0.29, 0.717) is 0 Å². The molecule has 0 saturated heterocycles. The molecular formula is C21H17F4N3O4. The molecule has 0 aliphatic carbocycles. The second kappa shape index (κ2) is 9.94. The second-order valence-corrected chi connectivity index (χ2v) is 6.51. The summed E-state index contributed by atoms with van der Waals surface area (Å²) >= 11 is 0. The van der Waals surface area contributed by atoms with Crippen molar-refractivity contribution in [3.63, 3.8) is 0 Å². The van der Waals surface area contributed by atoms with Gasteiger partial charge in [0.25, 0.3) is 5.91 Å². The van der Waals surface area contributed by atoms with Crippen molar-refractivity contribution in [1.29, 1.82) is 0 Å². The average Bonchev–Trinajstić information content (AvgIpc) is 3.23. The Bertz CT molecular complexity index is 1100. The number of carbonyl (C=O) groups is 2. The summed E-state index contributed by atoms with van der Waals surface area (Å²) in [4.78, 5) is 27.6. The summed E-state index contributed by atoms with van der Waals surface area (Å²) in [6.07, 6.45) is -3.18. The van der Waals surface area contributed by atoms with Gasteiger partial charge in [0.15, 0.2) is 18.3 Å². The molecule has 0 fully saturated rings. The molecule has 0 saturated carbocycles. The Labute approximate surface area is 179 Å². The Morgan fingerprint density at radius 2 is 1.78 bits per heavy atom. The van der Waals surface area contributed by atoms with E-state index in [1.807, 2.05) is 0 Å². The van der Waals surface area contributed by atoms with E-state index < -0.39 is 36.0 Å². The second-order valence-electron chi connectivity index (χ2n) is 6.51. The third-order valence-corrected chi connectivity index (χ3v) is 4.13. The van der Waals surface area contributed by atoms with Gasteiger partial charge in [0.05, 0.1) is 17.3 Å². The van der Waals surface area contributed by atoms with Crippen LogP contribution in [-0.2, 0) is 22.2 Å². The molecule has 1 aromatic heterocycles. The van der Waals surface area contributed by atoms with Crippen LogP contribution < -0.4 is 15.6 Å². The van der Waals surface area contributed by atoms with Gasteiger partial charge in [-0.25, -0.2) is 9.37 Å². The number of hydrazine groups is 1. The number of benzene rings is 2. The van der Waals surface area contributed by atoms with Gasteiger partial charge in [-0.15, -0.1) is 0 Å². The quantitative estimate of drug-likeness (QED) is 0.423. The number of oxazole rings is 1. The van der Waals surface area contributed by atoms with E-state index in [1.165, 1.54) is 24.4 Å². The lowest BCUT2D eigenvalue weighted by atomic mass is 10.2. The molecule has 0 aliphatic heterocycles. The van der Waals surface area contributed by atoms with Gasteiger partial charge in [0.2, 0.25) is 5.91 Å². The smallest absolute Gasteiger partial charge is 0.416 e. The molecule has 11 heteroatoms. The van der Waals surface area contributed by atoms with E-state index in [1.54, 1.807) is 12.1 Å². The van der Waals surface area contributed by atoms with Gasteiger partial charge >= 0.3 is 6.18 Å². The first kappa shape index (κ1) is 22.8. The standard InChI is InChI=1S/C21H17F4N3O4/c22-16-7-2-1-6-15(16)17-11-26-20(32-17)9-8-18(29)27-28-19(30)12-31-14-5-3-4-13(10-14)21(23,24)25/h1-7,10-11H,8-9,12H2,(H,27,29)(H,28,30). The molecule has 2 N–H and O–H groups in total. The molecule has 0 spiro atoms. The van der Waals surface area contributed by atoms with Gasteiger partial charge in [-0.2, -0.15) is 13.2 Å². The highest BCUT2D eigenvalue weighted by Gasteiger charge is 2.30. The molecule has 3 aromatic rings. The van der Waals surface area contributed by atoms with Crippen molar-refractivity contribution in [3.05, 3.63) is 72.0 Å². The minimum atomic E-state index is -4.53. The number of ether oxygens (including phenoxy) is 1. The van der Waals surface area contributed by atoms with Crippen LogP contribution in [0, 0.1) is 5.82 Å². The number of alkyl halides is 3. The Balaban J connectivity index is 1.41. The van der Waals surface area contributed by atoms with Crippen LogP contribution in [0.3, 0.4) is 0 Å². The maximum Gasteiger partial charge on any atom is 0.416 e. The number of nitrogens with zero attached hydrogens (tertiary/aromatic N) is 1. The van der Waals surface area contributed by atoms with Crippen molar-refractivity contribution >= 4 is 11.8 Å². The number of hydrogen-bond acceptors (Lipinski definition) is 5. The molecule has 0 bridgehead atoms. The van der Waals surface area contributed by atoms with Crippen LogP contribution in [0.5, 0.6) is 5.75 Å². The highest BCUT2D eigenvalue weighted by molar-refractivity contribution is 5.82. The Hall–Kier alpha value is -3.89. The van der Waals surface area contributed by atoms with E-state index in [2.05, 4.69) is 15.8 Å². The van der Waals surface area contributed by atoms with Gasteiger partial charge in [-0.3, -0.25) is 20.4 Å². The summed E-state index contributed by atoms with van der Waals surface area (Å²) in [5.41, 5.74) is 3.56. The molecular weight excluding hydrogens is 434 g/mol. The zero-order chi connectivity index (χ0) is 23.1. The fourth-order valence-corrected chi connectivity index (χ4v) is 2.58. The molecule has 168 valence electrons. The predicted molar refractivity (Wildman–Crippen MR) is 103 cm³/mol.